The third-order valence-electron chi connectivity index (χ3n) is 2.70. The van der Waals surface area contributed by atoms with Gasteiger partial charge in [0.1, 0.15) is 17.1 Å². The second-order valence-corrected chi connectivity index (χ2v) is 3.89. The van der Waals surface area contributed by atoms with Gasteiger partial charge in [-0.25, -0.2) is 0 Å². The van der Waals surface area contributed by atoms with Crippen LogP contribution in [-0.4, -0.2) is 38.0 Å². The molecule has 2 aromatic rings. The Balaban J connectivity index is 2.37. The van der Waals surface area contributed by atoms with E-state index < -0.39 is 0 Å². The molecule has 0 aliphatic heterocycles. The average Bonchev–Trinajstić information content (AvgIpc) is 2.92. The summed E-state index contributed by atoms with van der Waals surface area (Å²) in [7, 11) is 5.06. The van der Waals surface area contributed by atoms with Crippen LogP contribution < -0.4 is 14.8 Å². The molecule has 6 nitrogen and oxygen atoms in total. The zero-order valence-corrected chi connectivity index (χ0v) is 11.3. The van der Waals surface area contributed by atoms with E-state index in [1.807, 2.05) is 25.2 Å². The van der Waals surface area contributed by atoms with Crippen molar-refractivity contribution in [2.45, 2.75) is 6.42 Å². The Labute approximate surface area is 111 Å². The molecule has 1 heterocycles. The molecule has 0 fully saturated rings. The van der Waals surface area contributed by atoms with E-state index >= 15 is 0 Å². The molecule has 0 aliphatic rings. The molecule has 1 N–H and O–H groups in total. The first kappa shape index (κ1) is 13.4. The van der Waals surface area contributed by atoms with Crippen LogP contribution in [0.3, 0.4) is 0 Å². The molecule has 1 aromatic heterocycles. The van der Waals surface area contributed by atoms with E-state index in [0.29, 0.717) is 35.3 Å². The van der Waals surface area contributed by atoms with Crippen LogP contribution in [0.2, 0.25) is 0 Å². The van der Waals surface area contributed by atoms with Gasteiger partial charge < -0.3 is 19.2 Å². The summed E-state index contributed by atoms with van der Waals surface area (Å²) in [6.45, 7) is 0.782. The standard InChI is InChI=1S/C13H17N3O3/c1-14-8-7-11-15-16-13(19-11)12-9(17-2)5-4-6-10(12)18-3/h4-6,14H,7-8H2,1-3H3. The Kier molecular flexibility index (Phi) is 4.35. The SMILES string of the molecule is CNCCc1nnc(-c2c(OC)cccc2OC)o1. The van der Waals surface area contributed by atoms with Crippen molar-refractivity contribution in [2.75, 3.05) is 27.8 Å². The third kappa shape index (κ3) is 2.85. The maximum atomic E-state index is 5.63. The monoisotopic (exact) mass is 263 g/mol. The van der Waals surface area contributed by atoms with Crippen molar-refractivity contribution < 1.29 is 13.9 Å². The maximum Gasteiger partial charge on any atom is 0.255 e. The molecule has 0 radical (unpaired) electrons. The van der Waals surface area contributed by atoms with E-state index in [2.05, 4.69) is 15.5 Å². The zero-order chi connectivity index (χ0) is 13.7. The lowest BCUT2D eigenvalue weighted by atomic mass is 10.2. The second-order valence-electron chi connectivity index (χ2n) is 3.89. The van der Waals surface area contributed by atoms with Crippen molar-refractivity contribution >= 4 is 0 Å². The van der Waals surface area contributed by atoms with Gasteiger partial charge >= 0.3 is 0 Å². The molecular weight excluding hydrogens is 246 g/mol. The van der Waals surface area contributed by atoms with Crippen LogP contribution in [0.1, 0.15) is 5.89 Å². The van der Waals surface area contributed by atoms with Gasteiger partial charge in [-0.15, -0.1) is 10.2 Å². The van der Waals surface area contributed by atoms with Crippen molar-refractivity contribution in [3.8, 4) is 23.0 Å². The van der Waals surface area contributed by atoms with Gasteiger partial charge in [0.2, 0.25) is 5.89 Å². The summed E-state index contributed by atoms with van der Waals surface area (Å²) in [6, 6.07) is 5.50. The number of hydrogen-bond acceptors (Lipinski definition) is 6. The lowest BCUT2D eigenvalue weighted by Gasteiger charge is -2.09. The summed E-state index contributed by atoms with van der Waals surface area (Å²) in [5.41, 5.74) is 0.677. The lowest BCUT2D eigenvalue weighted by molar-refractivity contribution is 0.393. The van der Waals surface area contributed by atoms with Crippen LogP contribution in [-0.2, 0) is 6.42 Å². The van der Waals surface area contributed by atoms with Gasteiger partial charge in [-0.3, -0.25) is 0 Å². The quantitative estimate of drug-likeness (QED) is 0.852. The zero-order valence-electron chi connectivity index (χ0n) is 11.3. The molecule has 0 saturated heterocycles. The summed E-state index contributed by atoms with van der Waals surface area (Å²) < 4.78 is 16.3. The van der Waals surface area contributed by atoms with Gasteiger partial charge in [-0.2, -0.15) is 0 Å². The Hall–Kier alpha value is -2.08. The van der Waals surface area contributed by atoms with Gasteiger partial charge in [0.15, 0.2) is 0 Å². The fourth-order valence-corrected chi connectivity index (χ4v) is 1.75. The molecule has 0 atom stereocenters. The molecule has 0 amide bonds. The van der Waals surface area contributed by atoms with E-state index in [4.69, 9.17) is 13.9 Å². The summed E-state index contributed by atoms with van der Waals surface area (Å²) >= 11 is 0. The van der Waals surface area contributed by atoms with E-state index in [0.717, 1.165) is 6.54 Å². The number of hydrogen-bond donors (Lipinski definition) is 1. The van der Waals surface area contributed by atoms with Gasteiger partial charge in [0, 0.05) is 13.0 Å². The molecule has 0 bridgehead atoms. The normalized spacial score (nSPS) is 10.5. The van der Waals surface area contributed by atoms with Crippen LogP contribution in [0.25, 0.3) is 11.5 Å². The summed E-state index contributed by atoms with van der Waals surface area (Å²) in [5.74, 6) is 2.27. The number of nitrogens with one attached hydrogen (secondary N) is 1. The highest BCUT2D eigenvalue weighted by Gasteiger charge is 2.18. The Morgan fingerprint density at radius 1 is 1.16 bits per heavy atom. The summed E-state index contributed by atoms with van der Waals surface area (Å²) in [5, 5.41) is 11.1. The highest BCUT2D eigenvalue weighted by atomic mass is 16.5. The lowest BCUT2D eigenvalue weighted by Crippen LogP contribution is -2.10. The van der Waals surface area contributed by atoms with Crippen molar-refractivity contribution in [2.24, 2.45) is 0 Å². The molecule has 0 aliphatic carbocycles. The molecule has 0 spiro atoms. The Morgan fingerprint density at radius 2 is 1.84 bits per heavy atom. The summed E-state index contributed by atoms with van der Waals surface area (Å²) in [4.78, 5) is 0. The minimum absolute atomic E-state index is 0.403. The number of nitrogens with zero attached hydrogens (tertiary/aromatic N) is 2. The van der Waals surface area contributed by atoms with Crippen LogP contribution in [0, 0.1) is 0 Å². The van der Waals surface area contributed by atoms with E-state index in [-0.39, 0.29) is 0 Å². The second kappa shape index (κ2) is 6.19. The highest BCUT2D eigenvalue weighted by molar-refractivity contribution is 5.70. The average molecular weight is 263 g/mol. The maximum absolute atomic E-state index is 5.63. The first-order valence-electron chi connectivity index (χ1n) is 5.98. The molecule has 19 heavy (non-hydrogen) atoms. The molecule has 0 unspecified atom stereocenters. The number of benzene rings is 1. The van der Waals surface area contributed by atoms with Crippen LogP contribution in [0.4, 0.5) is 0 Å². The van der Waals surface area contributed by atoms with Gasteiger partial charge in [0.25, 0.3) is 5.89 Å². The first-order valence-corrected chi connectivity index (χ1v) is 5.98. The highest BCUT2D eigenvalue weighted by Crippen LogP contribution is 2.37. The number of likely N-dealkylation sites (N-methyl/N-ethyl adjacent to an activating group) is 1. The first-order chi connectivity index (χ1) is 9.30. The van der Waals surface area contributed by atoms with Gasteiger partial charge in [0.05, 0.1) is 14.2 Å². The van der Waals surface area contributed by atoms with Gasteiger partial charge in [-0.1, -0.05) is 6.07 Å². The molecule has 6 heteroatoms. The van der Waals surface area contributed by atoms with E-state index in [9.17, 15) is 0 Å². The largest absolute Gasteiger partial charge is 0.496 e. The van der Waals surface area contributed by atoms with Crippen LogP contribution in [0.5, 0.6) is 11.5 Å². The topological polar surface area (TPSA) is 69.4 Å². The molecule has 0 saturated carbocycles. The Morgan fingerprint density at radius 3 is 2.42 bits per heavy atom. The number of methoxy groups -OCH3 is 2. The number of aromatic nitrogens is 2. The molecular formula is C13H17N3O3. The number of rotatable bonds is 6. The van der Waals surface area contributed by atoms with Crippen molar-refractivity contribution in [3.63, 3.8) is 0 Å². The fraction of sp³-hybridized carbons (Fsp3) is 0.385. The van der Waals surface area contributed by atoms with Gasteiger partial charge in [-0.05, 0) is 19.2 Å². The third-order valence-corrected chi connectivity index (χ3v) is 2.70. The minimum Gasteiger partial charge on any atom is -0.496 e. The fourth-order valence-electron chi connectivity index (χ4n) is 1.75. The van der Waals surface area contributed by atoms with Crippen molar-refractivity contribution in [3.05, 3.63) is 24.1 Å². The van der Waals surface area contributed by atoms with E-state index in [1.165, 1.54) is 0 Å². The van der Waals surface area contributed by atoms with Crippen LogP contribution >= 0.6 is 0 Å². The smallest absolute Gasteiger partial charge is 0.255 e. The Bertz CT molecular complexity index is 517. The molecule has 2 rings (SSSR count). The predicted molar refractivity (Wildman–Crippen MR) is 70.5 cm³/mol. The van der Waals surface area contributed by atoms with E-state index in [1.54, 1.807) is 14.2 Å². The molecule has 1 aromatic carbocycles. The number of ether oxygens (including phenoxy) is 2. The van der Waals surface area contributed by atoms with Crippen molar-refractivity contribution in [1.82, 2.24) is 15.5 Å². The van der Waals surface area contributed by atoms with Crippen molar-refractivity contribution in [1.29, 1.82) is 0 Å². The molecule has 102 valence electrons. The minimum atomic E-state index is 0.403. The van der Waals surface area contributed by atoms with Crippen LogP contribution in [0.15, 0.2) is 22.6 Å². The predicted octanol–water partition coefficient (Wildman–Crippen LogP) is 1.52. The summed E-state index contributed by atoms with van der Waals surface area (Å²) in [6.07, 6.45) is 0.682.